The highest BCUT2D eigenvalue weighted by molar-refractivity contribution is 5.09. The highest BCUT2D eigenvalue weighted by Crippen LogP contribution is 2.68. The molecular formula is C28H51NO3. The van der Waals surface area contributed by atoms with Crippen LogP contribution in [0.25, 0.3) is 0 Å². The normalized spacial score (nSPS) is 44.7. The van der Waals surface area contributed by atoms with E-state index in [4.69, 9.17) is 0 Å². The molecule has 0 unspecified atom stereocenters. The van der Waals surface area contributed by atoms with Gasteiger partial charge in [0, 0.05) is 13.1 Å². The summed E-state index contributed by atoms with van der Waals surface area (Å²) in [5, 5.41) is 28.8. The smallest absolute Gasteiger partial charge is 0.0558 e. The maximum absolute atomic E-state index is 10.3. The molecule has 4 fully saturated rings. The zero-order valence-corrected chi connectivity index (χ0v) is 21.1. The van der Waals surface area contributed by atoms with Crippen LogP contribution < -0.4 is 0 Å². The molecule has 4 aliphatic rings. The zero-order chi connectivity index (χ0) is 22.9. The van der Waals surface area contributed by atoms with Gasteiger partial charge in [-0.2, -0.15) is 0 Å². The van der Waals surface area contributed by atoms with Crippen LogP contribution in [0, 0.1) is 46.3 Å². The van der Waals surface area contributed by atoms with Crippen molar-refractivity contribution in [3.05, 3.63) is 0 Å². The lowest BCUT2D eigenvalue weighted by Gasteiger charge is -2.61. The standard InChI is InChI=1S/C28H51NO3/c1-20(5-4-14-29(15-17-30)16-18-31)24-8-9-25-23-7-6-21-19-22(32)10-12-27(21,2)26(23)11-13-28(24,25)3/h20-26,30-32H,4-19H2,1-3H3/t20-,21-,22-,23+,24-,25+,26+,27+,28-/m1/s1. The Morgan fingerprint density at radius 2 is 1.53 bits per heavy atom. The number of aliphatic hydroxyl groups excluding tert-OH is 3. The lowest BCUT2D eigenvalue weighted by Crippen LogP contribution is -2.54. The van der Waals surface area contributed by atoms with Gasteiger partial charge in [0.05, 0.1) is 19.3 Å². The number of hydrogen-bond donors (Lipinski definition) is 3. The molecule has 0 saturated heterocycles. The molecule has 4 rings (SSSR count). The Kier molecular flexibility index (Phi) is 7.97. The molecule has 0 radical (unpaired) electrons. The van der Waals surface area contributed by atoms with E-state index >= 15 is 0 Å². The van der Waals surface area contributed by atoms with Crippen LogP contribution in [0.2, 0.25) is 0 Å². The van der Waals surface area contributed by atoms with Gasteiger partial charge >= 0.3 is 0 Å². The van der Waals surface area contributed by atoms with Crippen LogP contribution in [0.4, 0.5) is 0 Å². The number of fused-ring (bicyclic) bond motifs is 5. The Hall–Kier alpha value is -0.160. The Balaban J connectivity index is 1.37. The van der Waals surface area contributed by atoms with Crippen molar-refractivity contribution in [3.8, 4) is 0 Å². The number of nitrogens with zero attached hydrogens (tertiary/aromatic N) is 1. The molecule has 4 saturated carbocycles. The van der Waals surface area contributed by atoms with Gasteiger partial charge in [0.2, 0.25) is 0 Å². The predicted molar refractivity (Wildman–Crippen MR) is 130 cm³/mol. The van der Waals surface area contributed by atoms with E-state index < -0.39 is 0 Å². The minimum atomic E-state index is -0.0409. The van der Waals surface area contributed by atoms with Gasteiger partial charge in [-0.15, -0.1) is 0 Å². The van der Waals surface area contributed by atoms with Crippen molar-refractivity contribution in [1.82, 2.24) is 4.90 Å². The van der Waals surface area contributed by atoms with Gasteiger partial charge < -0.3 is 15.3 Å². The summed E-state index contributed by atoms with van der Waals surface area (Å²) >= 11 is 0. The third-order valence-electron chi connectivity index (χ3n) is 11.4. The summed E-state index contributed by atoms with van der Waals surface area (Å²) < 4.78 is 0. The van der Waals surface area contributed by atoms with Gasteiger partial charge in [0.25, 0.3) is 0 Å². The number of rotatable bonds is 9. The van der Waals surface area contributed by atoms with Crippen LogP contribution in [0.5, 0.6) is 0 Å². The first kappa shape index (κ1) is 24.9. The summed E-state index contributed by atoms with van der Waals surface area (Å²) in [5.74, 6) is 5.12. The van der Waals surface area contributed by atoms with Gasteiger partial charge in [-0.05, 0) is 124 Å². The maximum Gasteiger partial charge on any atom is 0.0558 e. The fourth-order valence-corrected chi connectivity index (χ4v) is 9.67. The molecule has 0 bridgehead atoms. The van der Waals surface area contributed by atoms with E-state index in [-0.39, 0.29) is 19.3 Å². The topological polar surface area (TPSA) is 63.9 Å². The molecule has 32 heavy (non-hydrogen) atoms. The van der Waals surface area contributed by atoms with E-state index in [0.29, 0.717) is 23.9 Å². The summed E-state index contributed by atoms with van der Waals surface area (Å²) in [6.07, 6.45) is 14.2. The average Bonchev–Trinajstić information content (AvgIpc) is 3.12. The van der Waals surface area contributed by atoms with E-state index in [2.05, 4.69) is 25.7 Å². The molecule has 0 aromatic rings. The molecule has 0 amide bonds. The maximum atomic E-state index is 10.3. The third-order valence-corrected chi connectivity index (χ3v) is 11.4. The molecule has 186 valence electrons. The van der Waals surface area contributed by atoms with Crippen molar-refractivity contribution in [1.29, 1.82) is 0 Å². The molecule has 0 spiro atoms. The van der Waals surface area contributed by atoms with Crippen LogP contribution in [0.1, 0.15) is 91.4 Å². The van der Waals surface area contributed by atoms with Crippen molar-refractivity contribution >= 4 is 0 Å². The summed E-state index contributed by atoms with van der Waals surface area (Å²) in [7, 11) is 0. The molecule has 4 nitrogen and oxygen atoms in total. The van der Waals surface area contributed by atoms with Crippen molar-refractivity contribution < 1.29 is 15.3 Å². The van der Waals surface area contributed by atoms with E-state index in [1.54, 1.807) is 0 Å². The first-order valence-electron chi connectivity index (χ1n) is 14.0. The summed E-state index contributed by atoms with van der Waals surface area (Å²) in [6, 6.07) is 0. The van der Waals surface area contributed by atoms with Gasteiger partial charge in [-0.1, -0.05) is 20.8 Å². The SMILES string of the molecule is C[C@H](CCCN(CCO)CCO)[C@H]1CC[C@H]2[C@@H]3CC[C@@H]4C[C@H](O)CC[C@]4(C)[C@H]3CC[C@]12C. The molecule has 4 heteroatoms. The second-order valence-electron chi connectivity index (χ2n) is 12.7. The Labute approximate surface area is 197 Å². The summed E-state index contributed by atoms with van der Waals surface area (Å²) in [4.78, 5) is 2.21. The Bertz CT molecular complexity index is 607. The van der Waals surface area contributed by atoms with Crippen LogP contribution in [-0.4, -0.2) is 59.2 Å². The van der Waals surface area contributed by atoms with E-state index in [1.807, 2.05) is 0 Å². The van der Waals surface area contributed by atoms with Crippen molar-refractivity contribution in [2.75, 3.05) is 32.8 Å². The number of hydrogen-bond acceptors (Lipinski definition) is 4. The van der Waals surface area contributed by atoms with Crippen molar-refractivity contribution in [2.24, 2.45) is 46.3 Å². The van der Waals surface area contributed by atoms with Crippen LogP contribution in [0.15, 0.2) is 0 Å². The molecule has 4 aliphatic carbocycles. The number of aliphatic hydroxyl groups is 3. The minimum Gasteiger partial charge on any atom is -0.395 e. The fraction of sp³-hybridized carbons (Fsp3) is 1.00. The van der Waals surface area contributed by atoms with Gasteiger partial charge in [0.1, 0.15) is 0 Å². The molecule has 0 aromatic carbocycles. The molecule has 9 atom stereocenters. The predicted octanol–water partition coefficient (Wildman–Crippen LogP) is 4.71. The lowest BCUT2D eigenvalue weighted by molar-refractivity contribution is -0.129. The van der Waals surface area contributed by atoms with E-state index in [0.717, 1.165) is 54.9 Å². The molecule has 0 aliphatic heterocycles. The molecule has 0 heterocycles. The molecular weight excluding hydrogens is 398 g/mol. The Morgan fingerprint density at radius 1 is 0.844 bits per heavy atom. The highest BCUT2D eigenvalue weighted by Gasteiger charge is 2.60. The largest absolute Gasteiger partial charge is 0.395 e. The highest BCUT2D eigenvalue weighted by atomic mass is 16.3. The second kappa shape index (κ2) is 10.2. The first-order chi connectivity index (χ1) is 15.3. The van der Waals surface area contributed by atoms with E-state index in [9.17, 15) is 15.3 Å². The third kappa shape index (κ3) is 4.55. The van der Waals surface area contributed by atoms with E-state index in [1.165, 1.54) is 57.8 Å². The summed E-state index contributed by atoms with van der Waals surface area (Å²) in [5.41, 5.74) is 1.00. The first-order valence-corrected chi connectivity index (χ1v) is 14.0. The minimum absolute atomic E-state index is 0.0409. The van der Waals surface area contributed by atoms with Crippen LogP contribution in [0.3, 0.4) is 0 Å². The Morgan fingerprint density at radius 3 is 2.25 bits per heavy atom. The average molecular weight is 450 g/mol. The quantitative estimate of drug-likeness (QED) is 0.477. The second-order valence-corrected chi connectivity index (χ2v) is 12.7. The van der Waals surface area contributed by atoms with Crippen LogP contribution >= 0.6 is 0 Å². The zero-order valence-electron chi connectivity index (χ0n) is 21.1. The van der Waals surface area contributed by atoms with Gasteiger partial charge in [-0.3, -0.25) is 4.90 Å². The van der Waals surface area contributed by atoms with Gasteiger partial charge in [-0.25, -0.2) is 0 Å². The van der Waals surface area contributed by atoms with Crippen molar-refractivity contribution in [2.45, 2.75) is 97.5 Å². The fourth-order valence-electron chi connectivity index (χ4n) is 9.67. The molecule has 0 aromatic heterocycles. The lowest BCUT2D eigenvalue weighted by atomic mass is 9.44. The van der Waals surface area contributed by atoms with Crippen LogP contribution in [-0.2, 0) is 0 Å². The monoisotopic (exact) mass is 449 g/mol. The summed E-state index contributed by atoms with van der Waals surface area (Å²) in [6.45, 7) is 10.5. The van der Waals surface area contributed by atoms with Gasteiger partial charge in [0.15, 0.2) is 0 Å². The van der Waals surface area contributed by atoms with Crippen molar-refractivity contribution in [3.63, 3.8) is 0 Å². The molecule has 3 N–H and O–H groups in total.